The maximum Gasteiger partial charge on any atom is 0.0787 e. The molecule has 0 aliphatic heterocycles. The quantitative estimate of drug-likeness (QED) is 0.928. The first kappa shape index (κ1) is 13.8. The van der Waals surface area contributed by atoms with Crippen molar-refractivity contribution in [1.29, 1.82) is 0 Å². The Kier molecular flexibility index (Phi) is 3.94. The molecule has 3 rings (SSSR count). The normalized spacial score (nSPS) is 18.1. The first-order valence-corrected chi connectivity index (χ1v) is 8.05. The van der Waals surface area contributed by atoms with Gasteiger partial charge in [-0.3, -0.25) is 0 Å². The summed E-state index contributed by atoms with van der Waals surface area (Å²) in [6, 6.07) is 8.52. The van der Waals surface area contributed by atoms with E-state index < -0.39 is 0 Å². The van der Waals surface area contributed by atoms with Crippen molar-refractivity contribution in [3.05, 3.63) is 46.7 Å². The van der Waals surface area contributed by atoms with Gasteiger partial charge in [0.25, 0.3) is 0 Å². The average Bonchev–Trinajstić information content (AvgIpc) is 3.02. The van der Waals surface area contributed by atoms with E-state index in [0.717, 1.165) is 16.7 Å². The minimum absolute atomic E-state index is 0.170. The van der Waals surface area contributed by atoms with Crippen LogP contribution < -0.4 is 5.73 Å². The number of halogens is 1. The summed E-state index contributed by atoms with van der Waals surface area (Å²) in [6.45, 7) is 0.737. The Morgan fingerprint density at radius 2 is 2.05 bits per heavy atom. The van der Waals surface area contributed by atoms with E-state index >= 15 is 0 Å². The van der Waals surface area contributed by atoms with E-state index in [1.807, 2.05) is 16.9 Å². The Balaban J connectivity index is 1.97. The summed E-state index contributed by atoms with van der Waals surface area (Å²) in [5.74, 6) is 0. The molecule has 1 aliphatic carbocycles. The van der Waals surface area contributed by atoms with Gasteiger partial charge in [-0.25, -0.2) is 4.68 Å². The molecule has 2 aromatic rings. The second-order valence-electron chi connectivity index (χ2n) is 5.66. The van der Waals surface area contributed by atoms with Gasteiger partial charge in [-0.2, -0.15) is 5.10 Å². The zero-order valence-electron chi connectivity index (χ0n) is 11.6. The number of hydrogen-bond donors (Lipinski definition) is 1. The van der Waals surface area contributed by atoms with E-state index in [-0.39, 0.29) is 5.41 Å². The monoisotopic (exact) mass is 333 g/mol. The number of hydrogen-bond acceptors (Lipinski definition) is 2. The van der Waals surface area contributed by atoms with Crippen LogP contribution in [0.15, 0.2) is 41.1 Å². The fourth-order valence-electron chi connectivity index (χ4n) is 3.27. The third kappa shape index (κ3) is 2.42. The maximum absolute atomic E-state index is 6.12. The smallest absolute Gasteiger partial charge is 0.0787 e. The lowest BCUT2D eigenvalue weighted by atomic mass is 9.69. The van der Waals surface area contributed by atoms with Gasteiger partial charge in [-0.1, -0.05) is 25.3 Å². The number of aromatic nitrogens is 2. The van der Waals surface area contributed by atoms with Crippen molar-refractivity contribution in [3.8, 4) is 5.69 Å². The molecular weight excluding hydrogens is 314 g/mol. The summed E-state index contributed by atoms with van der Waals surface area (Å²) in [7, 11) is 0. The van der Waals surface area contributed by atoms with E-state index in [1.165, 1.54) is 37.7 Å². The Morgan fingerprint density at radius 1 is 1.25 bits per heavy atom. The molecule has 0 saturated heterocycles. The Hall–Kier alpha value is -1.13. The van der Waals surface area contributed by atoms with Crippen LogP contribution in [0, 0.1) is 0 Å². The van der Waals surface area contributed by atoms with Crippen LogP contribution in [-0.4, -0.2) is 16.3 Å². The second kappa shape index (κ2) is 5.70. The molecule has 1 heterocycles. The number of nitrogens with zero attached hydrogens (tertiary/aromatic N) is 2. The highest BCUT2D eigenvalue weighted by atomic mass is 79.9. The molecule has 0 amide bonds. The van der Waals surface area contributed by atoms with Crippen molar-refractivity contribution < 1.29 is 0 Å². The van der Waals surface area contributed by atoms with Gasteiger partial charge >= 0.3 is 0 Å². The first-order valence-electron chi connectivity index (χ1n) is 7.25. The number of nitrogens with two attached hydrogens (primary N) is 1. The van der Waals surface area contributed by atoms with E-state index in [2.05, 4.69) is 39.2 Å². The van der Waals surface area contributed by atoms with E-state index in [0.29, 0.717) is 0 Å². The second-order valence-corrected chi connectivity index (χ2v) is 6.52. The highest BCUT2D eigenvalue weighted by Gasteiger charge is 2.32. The van der Waals surface area contributed by atoms with Crippen LogP contribution in [0.4, 0.5) is 0 Å². The molecule has 0 spiro atoms. The Labute approximate surface area is 128 Å². The van der Waals surface area contributed by atoms with Gasteiger partial charge in [-0.15, -0.1) is 0 Å². The summed E-state index contributed by atoms with van der Waals surface area (Å²) in [6.07, 6.45) is 10.1. The highest BCUT2D eigenvalue weighted by Crippen LogP contribution is 2.40. The Morgan fingerprint density at radius 3 is 2.65 bits per heavy atom. The molecule has 1 aliphatic rings. The van der Waals surface area contributed by atoms with Gasteiger partial charge in [0.15, 0.2) is 0 Å². The van der Waals surface area contributed by atoms with E-state index in [4.69, 9.17) is 5.73 Å². The van der Waals surface area contributed by atoms with Crippen LogP contribution in [0.25, 0.3) is 5.69 Å². The van der Waals surface area contributed by atoms with Gasteiger partial charge in [-0.05, 0) is 52.5 Å². The lowest BCUT2D eigenvalue weighted by molar-refractivity contribution is 0.300. The molecule has 1 aromatic heterocycles. The first-order chi connectivity index (χ1) is 9.75. The molecular formula is C16H20BrN3. The molecule has 0 radical (unpaired) electrons. The topological polar surface area (TPSA) is 43.8 Å². The van der Waals surface area contributed by atoms with Crippen LogP contribution in [0.2, 0.25) is 0 Å². The minimum atomic E-state index is 0.170. The SMILES string of the molecule is NCC1(c2ccc(-n3cccn3)c(Br)c2)CCCCC1. The summed E-state index contributed by atoms with van der Waals surface area (Å²) in [5, 5.41) is 4.29. The number of rotatable bonds is 3. The van der Waals surface area contributed by atoms with E-state index in [1.54, 1.807) is 6.20 Å². The molecule has 20 heavy (non-hydrogen) atoms. The summed E-state index contributed by atoms with van der Waals surface area (Å²) < 4.78 is 2.96. The van der Waals surface area contributed by atoms with Gasteiger partial charge < -0.3 is 5.73 Å². The van der Waals surface area contributed by atoms with Crippen molar-refractivity contribution in [2.45, 2.75) is 37.5 Å². The Bertz CT molecular complexity index is 571. The fraction of sp³-hybridized carbons (Fsp3) is 0.438. The fourth-order valence-corrected chi connectivity index (χ4v) is 3.83. The molecule has 2 N–H and O–H groups in total. The highest BCUT2D eigenvalue weighted by molar-refractivity contribution is 9.10. The standard InChI is InChI=1S/C16H20BrN3/c17-14-11-13(16(12-18)7-2-1-3-8-16)5-6-15(14)20-10-4-9-19-20/h4-6,9-11H,1-3,7-8,12,18H2. The van der Waals surface area contributed by atoms with Crippen molar-refractivity contribution in [3.63, 3.8) is 0 Å². The van der Waals surface area contributed by atoms with Gasteiger partial charge in [0, 0.05) is 28.8 Å². The molecule has 0 bridgehead atoms. The number of benzene rings is 1. The summed E-state index contributed by atoms with van der Waals surface area (Å²) in [4.78, 5) is 0. The third-order valence-corrected chi connectivity index (χ3v) is 5.15. The van der Waals surface area contributed by atoms with Crippen LogP contribution in [-0.2, 0) is 5.41 Å². The zero-order valence-corrected chi connectivity index (χ0v) is 13.1. The average molecular weight is 334 g/mol. The third-order valence-electron chi connectivity index (χ3n) is 4.51. The van der Waals surface area contributed by atoms with E-state index in [9.17, 15) is 0 Å². The lowest BCUT2D eigenvalue weighted by Gasteiger charge is -2.37. The predicted octanol–water partition coefficient (Wildman–Crippen LogP) is 3.80. The van der Waals surface area contributed by atoms with Crippen molar-refractivity contribution in [1.82, 2.24) is 9.78 Å². The molecule has 106 valence electrons. The van der Waals surface area contributed by atoms with Crippen LogP contribution in [0.1, 0.15) is 37.7 Å². The summed E-state index contributed by atoms with van der Waals surface area (Å²) >= 11 is 3.69. The zero-order chi connectivity index (χ0) is 14.0. The maximum atomic E-state index is 6.12. The molecule has 1 aromatic carbocycles. The lowest BCUT2D eigenvalue weighted by Crippen LogP contribution is -2.37. The molecule has 3 nitrogen and oxygen atoms in total. The van der Waals surface area contributed by atoms with Crippen LogP contribution >= 0.6 is 15.9 Å². The largest absolute Gasteiger partial charge is 0.330 e. The minimum Gasteiger partial charge on any atom is -0.330 e. The molecule has 4 heteroatoms. The molecule has 0 unspecified atom stereocenters. The van der Waals surface area contributed by atoms with Crippen molar-refractivity contribution in [2.75, 3.05) is 6.54 Å². The van der Waals surface area contributed by atoms with Gasteiger partial charge in [0.1, 0.15) is 0 Å². The van der Waals surface area contributed by atoms with Gasteiger partial charge in [0.05, 0.1) is 5.69 Å². The van der Waals surface area contributed by atoms with Crippen molar-refractivity contribution >= 4 is 15.9 Å². The predicted molar refractivity (Wildman–Crippen MR) is 85.1 cm³/mol. The van der Waals surface area contributed by atoms with Crippen molar-refractivity contribution in [2.24, 2.45) is 5.73 Å². The van der Waals surface area contributed by atoms with Crippen LogP contribution in [0.3, 0.4) is 0 Å². The molecule has 0 atom stereocenters. The van der Waals surface area contributed by atoms with Gasteiger partial charge in [0.2, 0.25) is 0 Å². The molecule has 1 saturated carbocycles. The van der Waals surface area contributed by atoms with Crippen LogP contribution in [0.5, 0.6) is 0 Å². The molecule has 1 fully saturated rings. The summed E-state index contributed by atoms with van der Waals surface area (Å²) in [5.41, 5.74) is 8.72.